The highest BCUT2D eigenvalue weighted by Crippen LogP contribution is 2.31. The molecular formula is C11H19NO2. The standard InChI is InChI=1S/C11H19NO2/c1-12(10-3-2-4-10)7-11(8-13)5-6-14-9-11/h8,10H,2-7,9H2,1H3. The number of rotatable bonds is 4. The molecular weight excluding hydrogens is 178 g/mol. The van der Waals surface area contributed by atoms with E-state index in [4.69, 9.17) is 4.74 Å². The summed E-state index contributed by atoms with van der Waals surface area (Å²) in [6.45, 7) is 2.24. The van der Waals surface area contributed by atoms with Crippen molar-refractivity contribution in [1.82, 2.24) is 4.90 Å². The number of nitrogens with zero attached hydrogens (tertiary/aromatic N) is 1. The molecule has 3 nitrogen and oxygen atoms in total. The van der Waals surface area contributed by atoms with Gasteiger partial charge in [-0.05, 0) is 26.3 Å². The van der Waals surface area contributed by atoms with Crippen LogP contribution in [0.25, 0.3) is 0 Å². The van der Waals surface area contributed by atoms with Crippen molar-refractivity contribution in [2.45, 2.75) is 31.7 Å². The molecule has 80 valence electrons. The van der Waals surface area contributed by atoms with Crippen molar-refractivity contribution in [3.8, 4) is 0 Å². The maximum Gasteiger partial charge on any atom is 0.129 e. The molecule has 0 aromatic heterocycles. The summed E-state index contributed by atoms with van der Waals surface area (Å²) in [6.07, 6.45) is 5.95. The molecule has 1 atom stereocenters. The van der Waals surface area contributed by atoms with E-state index in [9.17, 15) is 4.79 Å². The van der Waals surface area contributed by atoms with Crippen molar-refractivity contribution in [2.24, 2.45) is 5.41 Å². The minimum Gasteiger partial charge on any atom is -0.380 e. The van der Waals surface area contributed by atoms with Crippen molar-refractivity contribution >= 4 is 6.29 Å². The van der Waals surface area contributed by atoms with Crippen LogP contribution < -0.4 is 0 Å². The second-order valence-corrected chi connectivity index (χ2v) is 4.78. The third-order valence-electron chi connectivity index (χ3n) is 3.65. The first kappa shape index (κ1) is 10.1. The summed E-state index contributed by atoms with van der Waals surface area (Å²) in [4.78, 5) is 13.4. The number of carbonyl (C=O) groups is 1. The summed E-state index contributed by atoms with van der Waals surface area (Å²) in [7, 11) is 2.13. The largest absolute Gasteiger partial charge is 0.380 e. The van der Waals surface area contributed by atoms with Gasteiger partial charge >= 0.3 is 0 Å². The Bertz CT molecular complexity index is 207. The Hall–Kier alpha value is -0.410. The van der Waals surface area contributed by atoms with E-state index in [1.54, 1.807) is 0 Å². The predicted octanol–water partition coefficient (Wildman–Crippen LogP) is 1.08. The van der Waals surface area contributed by atoms with Crippen molar-refractivity contribution in [3.63, 3.8) is 0 Å². The number of aldehydes is 1. The molecule has 1 saturated heterocycles. The van der Waals surface area contributed by atoms with Gasteiger partial charge in [0.15, 0.2) is 0 Å². The molecule has 2 aliphatic rings. The summed E-state index contributed by atoms with van der Waals surface area (Å²) in [5.41, 5.74) is -0.204. The number of carbonyl (C=O) groups excluding carboxylic acids is 1. The third-order valence-corrected chi connectivity index (χ3v) is 3.65. The molecule has 1 aliphatic heterocycles. The SMILES string of the molecule is CN(CC1(C=O)CCOC1)C1CCC1. The van der Waals surface area contributed by atoms with Gasteiger partial charge in [0.1, 0.15) is 6.29 Å². The molecule has 2 rings (SSSR count). The molecule has 14 heavy (non-hydrogen) atoms. The first-order valence-electron chi connectivity index (χ1n) is 5.50. The normalized spacial score (nSPS) is 33.3. The van der Waals surface area contributed by atoms with E-state index >= 15 is 0 Å². The summed E-state index contributed by atoms with van der Waals surface area (Å²) < 4.78 is 5.33. The van der Waals surface area contributed by atoms with Crippen LogP contribution in [-0.2, 0) is 9.53 Å². The summed E-state index contributed by atoms with van der Waals surface area (Å²) in [5.74, 6) is 0. The zero-order chi connectivity index (χ0) is 10.0. The molecule has 0 radical (unpaired) electrons. The highest BCUT2D eigenvalue weighted by atomic mass is 16.5. The van der Waals surface area contributed by atoms with Crippen LogP contribution in [0.2, 0.25) is 0 Å². The zero-order valence-electron chi connectivity index (χ0n) is 8.87. The van der Waals surface area contributed by atoms with Gasteiger partial charge in [-0.3, -0.25) is 0 Å². The Morgan fingerprint density at radius 3 is 2.79 bits per heavy atom. The van der Waals surface area contributed by atoms with Crippen LogP contribution in [-0.4, -0.2) is 44.0 Å². The number of hydrogen-bond acceptors (Lipinski definition) is 3. The van der Waals surface area contributed by atoms with Gasteiger partial charge in [-0.1, -0.05) is 6.42 Å². The Morgan fingerprint density at radius 2 is 2.36 bits per heavy atom. The van der Waals surface area contributed by atoms with Crippen LogP contribution in [0.4, 0.5) is 0 Å². The lowest BCUT2D eigenvalue weighted by molar-refractivity contribution is -0.117. The molecule has 0 N–H and O–H groups in total. The topological polar surface area (TPSA) is 29.5 Å². The summed E-state index contributed by atoms with van der Waals surface area (Å²) >= 11 is 0. The average molecular weight is 197 g/mol. The lowest BCUT2D eigenvalue weighted by atomic mass is 9.85. The second kappa shape index (κ2) is 3.99. The van der Waals surface area contributed by atoms with Gasteiger partial charge in [-0.15, -0.1) is 0 Å². The molecule has 0 bridgehead atoms. The second-order valence-electron chi connectivity index (χ2n) is 4.78. The Labute approximate surface area is 85.4 Å². The zero-order valence-corrected chi connectivity index (χ0v) is 8.87. The molecule has 0 amide bonds. The lowest BCUT2D eigenvalue weighted by Gasteiger charge is -2.38. The first-order chi connectivity index (χ1) is 6.76. The van der Waals surface area contributed by atoms with Crippen LogP contribution in [0.3, 0.4) is 0 Å². The summed E-state index contributed by atoms with van der Waals surface area (Å²) in [5, 5.41) is 0. The van der Waals surface area contributed by atoms with Crippen LogP contribution >= 0.6 is 0 Å². The Balaban J connectivity index is 1.89. The highest BCUT2D eigenvalue weighted by Gasteiger charge is 2.37. The third kappa shape index (κ3) is 1.84. The van der Waals surface area contributed by atoms with E-state index < -0.39 is 0 Å². The van der Waals surface area contributed by atoms with E-state index in [-0.39, 0.29) is 5.41 Å². The van der Waals surface area contributed by atoms with Crippen molar-refractivity contribution < 1.29 is 9.53 Å². The smallest absolute Gasteiger partial charge is 0.129 e. The Morgan fingerprint density at radius 1 is 1.57 bits per heavy atom. The van der Waals surface area contributed by atoms with Crippen LogP contribution in [0, 0.1) is 5.41 Å². The fraction of sp³-hybridized carbons (Fsp3) is 0.909. The molecule has 2 fully saturated rings. The lowest BCUT2D eigenvalue weighted by Crippen LogP contribution is -2.45. The fourth-order valence-corrected chi connectivity index (χ4v) is 2.33. The molecule has 1 unspecified atom stereocenters. The van der Waals surface area contributed by atoms with Gasteiger partial charge in [0.05, 0.1) is 12.0 Å². The van der Waals surface area contributed by atoms with Gasteiger partial charge in [-0.25, -0.2) is 0 Å². The van der Waals surface area contributed by atoms with E-state index in [0.717, 1.165) is 25.9 Å². The van der Waals surface area contributed by atoms with Gasteiger partial charge in [0.25, 0.3) is 0 Å². The minimum absolute atomic E-state index is 0.204. The van der Waals surface area contributed by atoms with E-state index in [2.05, 4.69) is 11.9 Å². The molecule has 0 spiro atoms. The molecule has 0 aromatic carbocycles. The van der Waals surface area contributed by atoms with Gasteiger partial charge < -0.3 is 14.4 Å². The number of hydrogen-bond donors (Lipinski definition) is 0. The maximum absolute atomic E-state index is 11.1. The van der Waals surface area contributed by atoms with Crippen LogP contribution in [0.15, 0.2) is 0 Å². The van der Waals surface area contributed by atoms with Gasteiger partial charge in [0.2, 0.25) is 0 Å². The molecule has 1 saturated carbocycles. The Kier molecular flexibility index (Phi) is 2.88. The minimum atomic E-state index is -0.204. The monoisotopic (exact) mass is 197 g/mol. The fourth-order valence-electron chi connectivity index (χ4n) is 2.33. The van der Waals surface area contributed by atoms with Crippen LogP contribution in [0.1, 0.15) is 25.7 Å². The summed E-state index contributed by atoms with van der Waals surface area (Å²) in [6, 6.07) is 0.715. The molecule has 3 heteroatoms. The maximum atomic E-state index is 11.1. The van der Waals surface area contributed by atoms with Gasteiger partial charge in [-0.2, -0.15) is 0 Å². The van der Waals surface area contributed by atoms with Crippen molar-refractivity contribution in [2.75, 3.05) is 26.8 Å². The molecule has 0 aromatic rings. The van der Waals surface area contributed by atoms with E-state index in [1.807, 2.05) is 0 Å². The average Bonchev–Trinajstić information content (AvgIpc) is 2.50. The molecule has 1 aliphatic carbocycles. The van der Waals surface area contributed by atoms with Crippen molar-refractivity contribution in [3.05, 3.63) is 0 Å². The highest BCUT2D eigenvalue weighted by molar-refractivity contribution is 5.60. The van der Waals surface area contributed by atoms with E-state index in [1.165, 1.54) is 19.3 Å². The number of ether oxygens (including phenoxy) is 1. The predicted molar refractivity (Wildman–Crippen MR) is 54.2 cm³/mol. The van der Waals surface area contributed by atoms with Crippen LogP contribution in [0.5, 0.6) is 0 Å². The van der Waals surface area contributed by atoms with Crippen molar-refractivity contribution in [1.29, 1.82) is 0 Å². The van der Waals surface area contributed by atoms with Gasteiger partial charge in [0, 0.05) is 19.2 Å². The first-order valence-corrected chi connectivity index (χ1v) is 5.50. The molecule has 1 heterocycles. The van der Waals surface area contributed by atoms with E-state index in [0.29, 0.717) is 12.6 Å². The quantitative estimate of drug-likeness (QED) is 0.631.